The van der Waals surface area contributed by atoms with Gasteiger partial charge in [0.25, 0.3) is 0 Å². The summed E-state index contributed by atoms with van der Waals surface area (Å²) in [4.78, 5) is 3.91. The number of allylic oxidation sites excluding steroid dienone is 1. The monoisotopic (exact) mass is 123 g/mol. The van der Waals surface area contributed by atoms with Crippen LogP contribution >= 0.6 is 0 Å². The van der Waals surface area contributed by atoms with Crippen LogP contribution in [0.3, 0.4) is 0 Å². The van der Waals surface area contributed by atoms with Crippen molar-refractivity contribution in [3.63, 3.8) is 0 Å². The molecular formula is C5H5N3O. The molecule has 0 radical (unpaired) electrons. The predicted octanol–water partition coefficient (Wildman–Crippen LogP) is 0.219. The minimum absolute atomic E-state index is 0.736. The summed E-state index contributed by atoms with van der Waals surface area (Å²) in [5.74, 6) is 1.81. The number of hydrogen-bond acceptors (Lipinski definition) is 3. The molecule has 46 valence electrons. The Morgan fingerprint density at radius 2 is 2.56 bits per heavy atom. The van der Waals surface area contributed by atoms with Crippen LogP contribution in [-0.4, -0.2) is 15.2 Å². The van der Waals surface area contributed by atoms with Gasteiger partial charge in [-0.25, -0.2) is 4.98 Å². The number of nitrogens with one attached hydrogen (secondary N) is 1. The summed E-state index contributed by atoms with van der Waals surface area (Å²) in [6.07, 6.45) is 3.92. The van der Waals surface area contributed by atoms with Gasteiger partial charge in [0.15, 0.2) is 0 Å². The fourth-order valence-electron chi connectivity index (χ4n) is 0.606. The number of hydrogen-bond donors (Lipinski definition) is 1. The normalized spacial score (nSPS) is 14.4. The highest BCUT2D eigenvalue weighted by molar-refractivity contribution is 5.08. The van der Waals surface area contributed by atoms with Crippen LogP contribution in [0.25, 0.3) is 0 Å². The second-order valence-electron chi connectivity index (χ2n) is 1.81. The van der Waals surface area contributed by atoms with E-state index in [4.69, 9.17) is 4.74 Å². The van der Waals surface area contributed by atoms with Gasteiger partial charge < -0.3 is 4.74 Å². The third-order valence-electron chi connectivity index (χ3n) is 1.09. The maximum atomic E-state index is 4.79. The Kier molecular flexibility index (Phi) is 0.798. The molecular weight excluding hydrogens is 118 g/mol. The average Bonchev–Trinajstić information content (AvgIpc) is 2.46. The topological polar surface area (TPSA) is 54.1 Å². The Morgan fingerprint density at radius 3 is 3.11 bits per heavy atom. The van der Waals surface area contributed by atoms with Gasteiger partial charge in [0.2, 0.25) is 0 Å². The average molecular weight is 123 g/mol. The van der Waals surface area contributed by atoms with Crippen LogP contribution in [0.4, 0.5) is 0 Å². The summed E-state index contributed by atoms with van der Waals surface area (Å²) in [6.45, 7) is 0. The van der Waals surface area contributed by atoms with Crippen molar-refractivity contribution in [3.05, 3.63) is 24.2 Å². The number of nitrogens with zero attached hydrogens (tertiary/aromatic N) is 2. The highest BCUT2D eigenvalue weighted by Gasteiger charge is 2.11. The molecule has 0 aromatic carbocycles. The maximum absolute atomic E-state index is 4.79. The molecule has 0 amide bonds. The van der Waals surface area contributed by atoms with E-state index >= 15 is 0 Å². The molecule has 0 unspecified atom stereocenters. The Hall–Kier alpha value is -1.32. The molecule has 0 atom stereocenters. The molecule has 1 aliphatic rings. The van der Waals surface area contributed by atoms with Crippen LogP contribution < -0.4 is 0 Å². The van der Waals surface area contributed by atoms with Crippen molar-refractivity contribution in [1.29, 1.82) is 0 Å². The summed E-state index contributed by atoms with van der Waals surface area (Å²) >= 11 is 0. The van der Waals surface area contributed by atoms with Crippen molar-refractivity contribution in [1.82, 2.24) is 15.2 Å². The summed E-state index contributed by atoms with van der Waals surface area (Å²) in [7, 11) is 0. The number of ether oxygens (including phenoxy) is 1. The molecule has 0 bridgehead atoms. The van der Waals surface area contributed by atoms with E-state index < -0.39 is 0 Å². The van der Waals surface area contributed by atoms with E-state index in [1.807, 2.05) is 0 Å². The summed E-state index contributed by atoms with van der Waals surface area (Å²) in [5, 5.41) is 6.41. The zero-order valence-electron chi connectivity index (χ0n) is 4.66. The van der Waals surface area contributed by atoms with E-state index in [0.717, 1.165) is 18.0 Å². The number of rotatable bonds is 2. The van der Waals surface area contributed by atoms with Gasteiger partial charge in [-0.3, -0.25) is 5.10 Å². The van der Waals surface area contributed by atoms with Gasteiger partial charge in [-0.2, -0.15) is 5.10 Å². The summed E-state index contributed by atoms with van der Waals surface area (Å²) < 4.78 is 4.79. The van der Waals surface area contributed by atoms with Gasteiger partial charge in [0, 0.05) is 0 Å². The van der Waals surface area contributed by atoms with E-state index in [9.17, 15) is 0 Å². The largest absolute Gasteiger partial charge is 0.462 e. The van der Waals surface area contributed by atoms with Crippen molar-refractivity contribution in [2.45, 2.75) is 6.42 Å². The molecule has 0 spiro atoms. The first-order valence-electron chi connectivity index (χ1n) is 2.65. The third-order valence-corrected chi connectivity index (χ3v) is 1.09. The standard InChI is InChI=1S/C5H5N3O/c1(4-2-9-4)5-6-3-7-8-5/h2-3H,1H2,(H,6,7,8). The van der Waals surface area contributed by atoms with Crippen molar-refractivity contribution < 1.29 is 4.74 Å². The molecule has 1 N–H and O–H groups in total. The molecule has 4 nitrogen and oxygen atoms in total. The van der Waals surface area contributed by atoms with E-state index in [2.05, 4.69) is 15.2 Å². The van der Waals surface area contributed by atoms with Crippen LogP contribution in [0.1, 0.15) is 5.82 Å². The van der Waals surface area contributed by atoms with Gasteiger partial charge in [-0.05, 0) is 0 Å². The summed E-state index contributed by atoms with van der Waals surface area (Å²) in [5.41, 5.74) is 0. The van der Waals surface area contributed by atoms with E-state index in [1.165, 1.54) is 6.33 Å². The molecule has 2 rings (SSSR count). The lowest BCUT2D eigenvalue weighted by Gasteiger charge is -1.82. The van der Waals surface area contributed by atoms with Gasteiger partial charge in [0.1, 0.15) is 24.2 Å². The molecule has 0 fully saturated rings. The van der Waals surface area contributed by atoms with E-state index in [-0.39, 0.29) is 0 Å². The van der Waals surface area contributed by atoms with Gasteiger partial charge >= 0.3 is 0 Å². The van der Waals surface area contributed by atoms with Gasteiger partial charge in [-0.1, -0.05) is 0 Å². The number of H-pyrrole nitrogens is 1. The highest BCUT2D eigenvalue weighted by Crippen LogP contribution is 2.16. The van der Waals surface area contributed by atoms with Crippen molar-refractivity contribution in [2.24, 2.45) is 0 Å². The Balaban J connectivity index is 2.07. The predicted molar refractivity (Wildman–Crippen MR) is 29.3 cm³/mol. The van der Waals surface area contributed by atoms with Gasteiger partial charge in [0.05, 0.1) is 6.42 Å². The second-order valence-corrected chi connectivity index (χ2v) is 1.81. The fraction of sp³-hybridized carbons (Fsp3) is 0.200. The lowest BCUT2D eigenvalue weighted by atomic mass is 10.4. The lowest BCUT2D eigenvalue weighted by Crippen LogP contribution is -1.84. The first kappa shape index (κ1) is 4.55. The molecule has 1 aromatic rings. The quantitative estimate of drug-likeness (QED) is 0.612. The van der Waals surface area contributed by atoms with Crippen LogP contribution in [0, 0.1) is 0 Å². The molecule has 0 saturated carbocycles. The second kappa shape index (κ2) is 1.58. The van der Waals surface area contributed by atoms with Crippen LogP contribution in [0.2, 0.25) is 0 Å². The summed E-state index contributed by atoms with van der Waals surface area (Å²) in [6, 6.07) is 0. The SMILES string of the molecule is C1=C(Cc2ncn[nH]2)O1. The van der Waals surface area contributed by atoms with Crippen molar-refractivity contribution in [3.8, 4) is 0 Å². The molecule has 0 saturated heterocycles. The smallest absolute Gasteiger partial charge is 0.146 e. The highest BCUT2D eigenvalue weighted by atomic mass is 16.5. The van der Waals surface area contributed by atoms with E-state index in [1.54, 1.807) is 6.26 Å². The molecule has 1 aliphatic heterocycles. The minimum Gasteiger partial charge on any atom is -0.462 e. The molecule has 0 aliphatic carbocycles. The Labute approximate surface area is 51.6 Å². The lowest BCUT2D eigenvalue weighted by molar-refractivity contribution is 0.488. The van der Waals surface area contributed by atoms with Crippen LogP contribution in [0.15, 0.2) is 18.3 Å². The van der Waals surface area contributed by atoms with Gasteiger partial charge in [-0.15, -0.1) is 0 Å². The van der Waals surface area contributed by atoms with Crippen molar-refractivity contribution >= 4 is 0 Å². The zero-order valence-corrected chi connectivity index (χ0v) is 4.66. The number of aromatic amines is 1. The number of aromatic nitrogens is 3. The fourth-order valence-corrected chi connectivity index (χ4v) is 0.606. The molecule has 9 heavy (non-hydrogen) atoms. The van der Waals surface area contributed by atoms with E-state index in [0.29, 0.717) is 0 Å². The Morgan fingerprint density at radius 1 is 1.67 bits per heavy atom. The third kappa shape index (κ3) is 0.910. The Bertz CT molecular complexity index is 226. The maximum Gasteiger partial charge on any atom is 0.146 e. The zero-order chi connectivity index (χ0) is 6.10. The van der Waals surface area contributed by atoms with Crippen LogP contribution in [0.5, 0.6) is 0 Å². The minimum atomic E-state index is 0.736. The molecule has 4 heteroatoms. The first-order valence-corrected chi connectivity index (χ1v) is 2.65. The first-order chi connectivity index (χ1) is 4.45. The molecule has 2 heterocycles. The van der Waals surface area contributed by atoms with Crippen LogP contribution in [-0.2, 0) is 11.2 Å². The van der Waals surface area contributed by atoms with Crippen molar-refractivity contribution in [2.75, 3.05) is 0 Å². The molecule has 1 aromatic heterocycles.